The van der Waals surface area contributed by atoms with Crippen LogP contribution in [0.3, 0.4) is 0 Å². The van der Waals surface area contributed by atoms with E-state index in [2.05, 4.69) is 33.5 Å². The number of hydrogen-bond donors (Lipinski definition) is 1. The van der Waals surface area contributed by atoms with E-state index in [0.29, 0.717) is 6.54 Å². The predicted octanol–water partition coefficient (Wildman–Crippen LogP) is 1.06. The number of pyridine rings is 1. The summed E-state index contributed by atoms with van der Waals surface area (Å²) in [5.74, 6) is 0.927. The number of nitrogens with one attached hydrogen (secondary N) is 1. The fourth-order valence-electron chi connectivity index (χ4n) is 1.46. The first-order valence-corrected chi connectivity index (χ1v) is 5.23. The molecule has 0 unspecified atom stereocenters. The van der Waals surface area contributed by atoms with Crippen LogP contribution in [0.2, 0.25) is 0 Å². The van der Waals surface area contributed by atoms with Crippen molar-refractivity contribution < 1.29 is 0 Å². The number of aryl methyl sites for hydroxylation is 1. The maximum absolute atomic E-state index is 4.10. The van der Waals surface area contributed by atoms with Gasteiger partial charge in [0.2, 0.25) is 0 Å². The number of hydrogen-bond acceptors (Lipinski definition) is 4. The zero-order valence-electron chi connectivity index (χ0n) is 9.46. The second-order valence-electron chi connectivity index (χ2n) is 3.75. The normalized spacial score (nSPS) is 12.6. The molecule has 5 nitrogen and oxygen atoms in total. The summed E-state index contributed by atoms with van der Waals surface area (Å²) in [7, 11) is 1.94. The van der Waals surface area contributed by atoms with E-state index >= 15 is 0 Å². The molecule has 0 spiro atoms. The maximum atomic E-state index is 4.10. The van der Waals surface area contributed by atoms with E-state index in [1.165, 1.54) is 5.56 Å². The highest BCUT2D eigenvalue weighted by atomic mass is 15.3. The standard InChI is InChI=1S/C11H15N5/c1-9(10-4-3-5-12-6-10)13-7-11-15-14-8-16(11)2/h3-6,8-9,13H,7H2,1-2H3/t9-/m0/s1. The number of aromatic nitrogens is 4. The summed E-state index contributed by atoms with van der Waals surface area (Å²) in [6, 6.07) is 4.25. The Bertz CT molecular complexity index is 437. The Balaban J connectivity index is 1.94. The van der Waals surface area contributed by atoms with Crippen molar-refractivity contribution in [1.29, 1.82) is 0 Å². The van der Waals surface area contributed by atoms with E-state index in [-0.39, 0.29) is 6.04 Å². The van der Waals surface area contributed by atoms with Crippen LogP contribution in [0, 0.1) is 0 Å². The Labute approximate surface area is 94.5 Å². The van der Waals surface area contributed by atoms with Crippen LogP contribution < -0.4 is 5.32 Å². The fourth-order valence-corrected chi connectivity index (χ4v) is 1.46. The van der Waals surface area contributed by atoms with E-state index in [9.17, 15) is 0 Å². The number of rotatable bonds is 4. The molecule has 0 aliphatic carbocycles. The van der Waals surface area contributed by atoms with Gasteiger partial charge >= 0.3 is 0 Å². The summed E-state index contributed by atoms with van der Waals surface area (Å²) < 4.78 is 1.91. The van der Waals surface area contributed by atoms with Gasteiger partial charge in [-0.1, -0.05) is 6.07 Å². The van der Waals surface area contributed by atoms with Crippen molar-refractivity contribution in [2.45, 2.75) is 19.5 Å². The minimum Gasteiger partial charge on any atom is -0.320 e. The van der Waals surface area contributed by atoms with Crippen molar-refractivity contribution in [3.05, 3.63) is 42.2 Å². The minimum atomic E-state index is 0.255. The highest BCUT2D eigenvalue weighted by Crippen LogP contribution is 2.10. The molecule has 0 amide bonds. The van der Waals surface area contributed by atoms with Crippen molar-refractivity contribution >= 4 is 0 Å². The lowest BCUT2D eigenvalue weighted by molar-refractivity contribution is 0.547. The monoisotopic (exact) mass is 217 g/mol. The van der Waals surface area contributed by atoms with E-state index in [1.807, 2.05) is 23.9 Å². The smallest absolute Gasteiger partial charge is 0.146 e. The first kappa shape index (κ1) is 10.8. The molecule has 16 heavy (non-hydrogen) atoms. The van der Waals surface area contributed by atoms with Gasteiger partial charge in [-0.25, -0.2) is 0 Å². The molecule has 0 saturated heterocycles. The first-order chi connectivity index (χ1) is 7.77. The topological polar surface area (TPSA) is 55.6 Å². The summed E-state index contributed by atoms with van der Waals surface area (Å²) in [6.07, 6.45) is 5.35. The van der Waals surface area contributed by atoms with Crippen LogP contribution in [0.1, 0.15) is 24.4 Å². The molecule has 1 atom stereocenters. The van der Waals surface area contributed by atoms with Gasteiger partial charge in [0.25, 0.3) is 0 Å². The molecule has 0 radical (unpaired) electrons. The minimum absolute atomic E-state index is 0.255. The van der Waals surface area contributed by atoms with Crippen molar-refractivity contribution in [1.82, 2.24) is 25.1 Å². The zero-order valence-corrected chi connectivity index (χ0v) is 9.46. The molecular formula is C11H15N5. The Morgan fingerprint density at radius 2 is 2.38 bits per heavy atom. The molecule has 0 saturated carbocycles. The van der Waals surface area contributed by atoms with E-state index in [0.717, 1.165) is 5.82 Å². The molecule has 0 aromatic carbocycles. The van der Waals surface area contributed by atoms with Crippen molar-refractivity contribution in [3.63, 3.8) is 0 Å². The van der Waals surface area contributed by atoms with Gasteiger partial charge in [0, 0.05) is 25.5 Å². The molecule has 5 heteroatoms. The zero-order chi connectivity index (χ0) is 11.4. The first-order valence-electron chi connectivity index (χ1n) is 5.23. The molecule has 2 aromatic rings. The Morgan fingerprint density at radius 3 is 3.00 bits per heavy atom. The van der Waals surface area contributed by atoms with Crippen LogP contribution in [0.25, 0.3) is 0 Å². The Morgan fingerprint density at radius 1 is 1.50 bits per heavy atom. The van der Waals surface area contributed by atoms with Gasteiger partial charge < -0.3 is 9.88 Å². The lowest BCUT2D eigenvalue weighted by atomic mass is 10.1. The van der Waals surface area contributed by atoms with Crippen molar-refractivity contribution in [3.8, 4) is 0 Å². The van der Waals surface area contributed by atoms with Gasteiger partial charge in [-0.05, 0) is 18.6 Å². The lowest BCUT2D eigenvalue weighted by Crippen LogP contribution is -2.20. The quantitative estimate of drug-likeness (QED) is 0.832. The molecule has 84 valence electrons. The molecule has 0 fully saturated rings. The Hall–Kier alpha value is -1.75. The lowest BCUT2D eigenvalue weighted by Gasteiger charge is -2.12. The van der Waals surface area contributed by atoms with E-state index in [1.54, 1.807) is 12.5 Å². The van der Waals surface area contributed by atoms with Crippen molar-refractivity contribution in [2.75, 3.05) is 0 Å². The van der Waals surface area contributed by atoms with Crippen LogP contribution in [-0.4, -0.2) is 19.7 Å². The molecule has 1 N–H and O–H groups in total. The highest BCUT2D eigenvalue weighted by molar-refractivity contribution is 5.12. The predicted molar refractivity (Wildman–Crippen MR) is 60.5 cm³/mol. The summed E-state index contributed by atoms with van der Waals surface area (Å²) in [5, 5.41) is 11.2. The third-order valence-corrected chi connectivity index (χ3v) is 2.56. The van der Waals surface area contributed by atoms with Crippen LogP contribution in [0.5, 0.6) is 0 Å². The third kappa shape index (κ3) is 2.43. The molecule has 2 rings (SSSR count). The second kappa shape index (κ2) is 4.85. The number of nitrogens with zero attached hydrogens (tertiary/aromatic N) is 4. The maximum Gasteiger partial charge on any atom is 0.146 e. The Kier molecular flexibility index (Phi) is 3.26. The van der Waals surface area contributed by atoms with Gasteiger partial charge in [-0.2, -0.15) is 0 Å². The van der Waals surface area contributed by atoms with Crippen LogP contribution in [-0.2, 0) is 13.6 Å². The van der Waals surface area contributed by atoms with Crippen LogP contribution in [0.4, 0.5) is 0 Å². The third-order valence-electron chi connectivity index (χ3n) is 2.56. The molecule has 2 aromatic heterocycles. The summed E-state index contributed by atoms with van der Waals surface area (Å²) in [5.41, 5.74) is 1.17. The molecule has 0 aliphatic rings. The average molecular weight is 217 g/mol. The largest absolute Gasteiger partial charge is 0.320 e. The molecule has 0 bridgehead atoms. The van der Waals surface area contributed by atoms with E-state index < -0.39 is 0 Å². The molecule has 0 aliphatic heterocycles. The average Bonchev–Trinajstić information content (AvgIpc) is 2.73. The van der Waals surface area contributed by atoms with E-state index in [4.69, 9.17) is 0 Å². The fraction of sp³-hybridized carbons (Fsp3) is 0.364. The summed E-state index contributed by atoms with van der Waals surface area (Å²) in [6.45, 7) is 2.81. The molecular weight excluding hydrogens is 202 g/mol. The van der Waals surface area contributed by atoms with Gasteiger partial charge in [0.1, 0.15) is 12.2 Å². The summed E-state index contributed by atoms with van der Waals surface area (Å²) in [4.78, 5) is 4.10. The van der Waals surface area contributed by atoms with Gasteiger partial charge in [0.05, 0.1) is 6.54 Å². The van der Waals surface area contributed by atoms with Crippen LogP contribution >= 0.6 is 0 Å². The molecule has 2 heterocycles. The van der Waals surface area contributed by atoms with Gasteiger partial charge in [0.15, 0.2) is 0 Å². The van der Waals surface area contributed by atoms with Gasteiger partial charge in [-0.15, -0.1) is 10.2 Å². The SMILES string of the molecule is C[C@H](NCc1nncn1C)c1cccnc1. The summed E-state index contributed by atoms with van der Waals surface area (Å²) >= 11 is 0. The van der Waals surface area contributed by atoms with Crippen LogP contribution in [0.15, 0.2) is 30.9 Å². The van der Waals surface area contributed by atoms with Gasteiger partial charge in [-0.3, -0.25) is 4.98 Å². The highest BCUT2D eigenvalue weighted by Gasteiger charge is 2.06. The van der Waals surface area contributed by atoms with Crippen molar-refractivity contribution in [2.24, 2.45) is 7.05 Å². The second-order valence-corrected chi connectivity index (χ2v) is 3.75.